The molecule has 0 aliphatic heterocycles. The predicted octanol–water partition coefficient (Wildman–Crippen LogP) is 4.99. The minimum atomic E-state index is -0.372. The van der Waals surface area contributed by atoms with Crippen LogP contribution in [0.5, 0.6) is 5.75 Å². The number of hydrogen-bond donors (Lipinski definition) is 0. The summed E-state index contributed by atoms with van der Waals surface area (Å²) >= 11 is 0. The zero-order chi connectivity index (χ0) is 17.9. The summed E-state index contributed by atoms with van der Waals surface area (Å²) in [6.45, 7) is 6.00. The molecule has 1 aromatic carbocycles. The van der Waals surface area contributed by atoms with Crippen LogP contribution in [0.25, 0.3) is 0 Å². The van der Waals surface area contributed by atoms with Crippen LogP contribution in [-0.2, 0) is 4.79 Å². The lowest BCUT2D eigenvalue weighted by molar-refractivity contribution is -0.135. The van der Waals surface area contributed by atoms with Crippen LogP contribution in [0.15, 0.2) is 18.2 Å². The Kier molecular flexibility index (Phi) is 8.98. The Balaban J connectivity index is 2.66. The Hall–Kier alpha value is -1.97. The van der Waals surface area contributed by atoms with Gasteiger partial charge in [0.1, 0.15) is 5.75 Å². The molecule has 0 aliphatic carbocycles. The quantitative estimate of drug-likeness (QED) is 0.188. The number of carbonyl (C=O) groups is 3. The van der Waals surface area contributed by atoms with Gasteiger partial charge in [0.2, 0.25) is 0 Å². The highest BCUT2D eigenvalue weighted by Crippen LogP contribution is 2.21. The molecule has 0 N–H and O–H groups in total. The molecule has 0 aliphatic rings. The molecule has 0 aromatic heterocycles. The van der Waals surface area contributed by atoms with Crippen LogP contribution in [0, 0.1) is 5.92 Å². The maximum atomic E-state index is 12.2. The Labute approximate surface area is 144 Å². The van der Waals surface area contributed by atoms with Gasteiger partial charge in [-0.25, -0.2) is 0 Å². The van der Waals surface area contributed by atoms with E-state index in [4.69, 9.17) is 4.74 Å². The van der Waals surface area contributed by atoms with Gasteiger partial charge in [0.15, 0.2) is 12.1 Å². The van der Waals surface area contributed by atoms with Crippen molar-refractivity contribution in [2.75, 3.05) is 0 Å². The molecular weight excluding hydrogens is 304 g/mol. The van der Waals surface area contributed by atoms with Crippen molar-refractivity contribution in [1.82, 2.24) is 0 Å². The number of unbranched alkanes of at least 4 members (excludes halogenated alkanes) is 4. The molecule has 0 saturated heterocycles. The summed E-state index contributed by atoms with van der Waals surface area (Å²) in [5.74, 6) is 0.0543. The van der Waals surface area contributed by atoms with Gasteiger partial charge in [0.05, 0.1) is 5.56 Å². The van der Waals surface area contributed by atoms with E-state index >= 15 is 0 Å². The maximum Gasteiger partial charge on any atom is 0.311 e. The molecule has 4 heteroatoms. The number of Topliss-reactive ketones (excluding diaryl/α,β-unsaturated/α-hetero) is 1. The number of esters is 1. The average molecular weight is 332 g/mol. The monoisotopic (exact) mass is 332 g/mol. The van der Waals surface area contributed by atoms with Crippen molar-refractivity contribution < 1.29 is 19.1 Å². The van der Waals surface area contributed by atoms with E-state index in [-0.39, 0.29) is 35.4 Å². The summed E-state index contributed by atoms with van der Waals surface area (Å²) in [6.07, 6.45) is 6.81. The third kappa shape index (κ3) is 7.07. The molecule has 1 rings (SSSR count). The number of carbonyl (C=O) groups excluding carboxylic acids is 3. The number of ketones is 1. The summed E-state index contributed by atoms with van der Waals surface area (Å²) in [5, 5.41) is 0. The second-order valence-corrected chi connectivity index (χ2v) is 6.53. The first-order valence-corrected chi connectivity index (χ1v) is 8.81. The van der Waals surface area contributed by atoms with Crippen LogP contribution in [-0.4, -0.2) is 18.0 Å². The van der Waals surface area contributed by atoms with Gasteiger partial charge in [-0.3, -0.25) is 14.4 Å². The van der Waals surface area contributed by atoms with Crippen LogP contribution in [0.2, 0.25) is 0 Å². The van der Waals surface area contributed by atoms with E-state index in [2.05, 4.69) is 6.92 Å². The van der Waals surface area contributed by atoms with Gasteiger partial charge in [-0.15, -0.1) is 0 Å². The standard InChI is InChI=1S/C20H28O4/c1-4-5-6-7-8-9-18(22)16-10-11-19(17(13-16)14-21)24-20(23)12-15(2)3/h10-11,13-15H,4-9,12H2,1-3H3. The van der Waals surface area contributed by atoms with E-state index in [0.29, 0.717) is 18.3 Å². The molecule has 0 saturated carbocycles. The van der Waals surface area contributed by atoms with Gasteiger partial charge in [-0.05, 0) is 30.5 Å². The van der Waals surface area contributed by atoms with Crippen LogP contribution in [0.3, 0.4) is 0 Å². The molecule has 132 valence electrons. The lowest BCUT2D eigenvalue weighted by Crippen LogP contribution is -2.12. The van der Waals surface area contributed by atoms with E-state index in [1.165, 1.54) is 25.0 Å². The molecule has 4 nitrogen and oxygen atoms in total. The van der Waals surface area contributed by atoms with Gasteiger partial charge in [0.25, 0.3) is 0 Å². The first-order chi connectivity index (χ1) is 11.5. The van der Waals surface area contributed by atoms with Crippen molar-refractivity contribution in [3.05, 3.63) is 29.3 Å². The van der Waals surface area contributed by atoms with Crippen molar-refractivity contribution >= 4 is 18.0 Å². The Morgan fingerprint density at radius 3 is 2.46 bits per heavy atom. The fourth-order valence-corrected chi connectivity index (χ4v) is 2.44. The van der Waals surface area contributed by atoms with Crippen molar-refractivity contribution in [3.8, 4) is 5.75 Å². The molecule has 0 atom stereocenters. The van der Waals surface area contributed by atoms with Crippen LogP contribution in [0.1, 0.15) is 86.4 Å². The van der Waals surface area contributed by atoms with Gasteiger partial charge >= 0.3 is 5.97 Å². The lowest BCUT2D eigenvalue weighted by atomic mass is 10.0. The van der Waals surface area contributed by atoms with Crippen molar-refractivity contribution in [2.24, 2.45) is 5.92 Å². The zero-order valence-corrected chi connectivity index (χ0v) is 15.0. The van der Waals surface area contributed by atoms with E-state index in [1.54, 1.807) is 6.07 Å². The summed E-state index contributed by atoms with van der Waals surface area (Å²) in [6, 6.07) is 4.67. The van der Waals surface area contributed by atoms with Crippen molar-refractivity contribution in [3.63, 3.8) is 0 Å². The van der Waals surface area contributed by atoms with E-state index < -0.39 is 0 Å². The summed E-state index contributed by atoms with van der Waals surface area (Å²) in [5.41, 5.74) is 0.736. The molecule has 1 aromatic rings. The number of ether oxygens (including phenoxy) is 1. The third-order valence-electron chi connectivity index (χ3n) is 3.76. The molecule has 0 amide bonds. The van der Waals surface area contributed by atoms with Crippen LogP contribution >= 0.6 is 0 Å². The van der Waals surface area contributed by atoms with Crippen LogP contribution in [0.4, 0.5) is 0 Å². The first-order valence-electron chi connectivity index (χ1n) is 8.81. The average Bonchev–Trinajstić information content (AvgIpc) is 2.54. The minimum Gasteiger partial charge on any atom is -0.426 e. The number of benzene rings is 1. The largest absolute Gasteiger partial charge is 0.426 e. The summed E-state index contributed by atoms with van der Waals surface area (Å²) < 4.78 is 5.23. The topological polar surface area (TPSA) is 60.4 Å². The number of aldehydes is 1. The van der Waals surface area contributed by atoms with E-state index in [0.717, 1.165) is 19.3 Å². The Bertz CT molecular complexity index is 561. The maximum absolute atomic E-state index is 12.2. The van der Waals surface area contributed by atoms with Crippen LogP contribution < -0.4 is 4.74 Å². The molecule has 0 bridgehead atoms. The van der Waals surface area contributed by atoms with Gasteiger partial charge < -0.3 is 4.74 Å². The lowest BCUT2D eigenvalue weighted by Gasteiger charge is -2.09. The molecule has 0 radical (unpaired) electrons. The normalized spacial score (nSPS) is 10.7. The fraction of sp³-hybridized carbons (Fsp3) is 0.550. The van der Waals surface area contributed by atoms with Gasteiger partial charge in [0, 0.05) is 18.4 Å². The molecule has 24 heavy (non-hydrogen) atoms. The zero-order valence-electron chi connectivity index (χ0n) is 15.0. The highest BCUT2D eigenvalue weighted by Gasteiger charge is 2.14. The second-order valence-electron chi connectivity index (χ2n) is 6.53. The minimum absolute atomic E-state index is 0.0228. The molecular formula is C20H28O4. The molecule has 0 unspecified atom stereocenters. The van der Waals surface area contributed by atoms with Gasteiger partial charge in [-0.1, -0.05) is 46.5 Å². The Morgan fingerprint density at radius 1 is 1.12 bits per heavy atom. The number of rotatable bonds is 11. The highest BCUT2D eigenvalue weighted by molar-refractivity contribution is 5.98. The smallest absolute Gasteiger partial charge is 0.311 e. The Morgan fingerprint density at radius 2 is 1.83 bits per heavy atom. The predicted molar refractivity (Wildman–Crippen MR) is 94.6 cm³/mol. The third-order valence-corrected chi connectivity index (χ3v) is 3.76. The SMILES string of the molecule is CCCCCCCC(=O)c1ccc(OC(=O)CC(C)C)c(C=O)c1. The first kappa shape index (κ1) is 20.1. The van der Waals surface area contributed by atoms with Crippen molar-refractivity contribution in [2.45, 2.75) is 65.7 Å². The molecule has 0 heterocycles. The van der Waals surface area contributed by atoms with Crippen molar-refractivity contribution in [1.29, 1.82) is 0 Å². The molecule has 0 fully saturated rings. The van der Waals surface area contributed by atoms with E-state index in [1.807, 2.05) is 13.8 Å². The second kappa shape index (κ2) is 10.7. The highest BCUT2D eigenvalue weighted by atomic mass is 16.5. The summed E-state index contributed by atoms with van der Waals surface area (Å²) in [7, 11) is 0. The van der Waals surface area contributed by atoms with E-state index in [9.17, 15) is 14.4 Å². The van der Waals surface area contributed by atoms with Gasteiger partial charge in [-0.2, -0.15) is 0 Å². The number of hydrogen-bond acceptors (Lipinski definition) is 4. The summed E-state index contributed by atoms with van der Waals surface area (Å²) in [4.78, 5) is 35.2. The molecule has 0 spiro atoms. The fourth-order valence-electron chi connectivity index (χ4n) is 2.44.